The van der Waals surface area contributed by atoms with E-state index in [1.54, 1.807) is 0 Å². The first-order valence-electron chi connectivity index (χ1n) is 3.56. The maximum absolute atomic E-state index is 5.70. The van der Waals surface area contributed by atoms with Crippen molar-refractivity contribution in [2.75, 3.05) is 0 Å². The van der Waals surface area contributed by atoms with E-state index in [-0.39, 0.29) is 0 Å². The fourth-order valence-corrected chi connectivity index (χ4v) is 1.48. The van der Waals surface area contributed by atoms with Gasteiger partial charge in [0.25, 0.3) is 0 Å². The molecule has 1 saturated carbocycles. The third-order valence-electron chi connectivity index (χ3n) is 2.14. The van der Waals surface area contributed by atoms with Gasteiger partial charge in [0.2, 0.25) is 0 Å². The van der Waals surface area contributed by atoms with Crippen molar-refractivity contribution in [3.63, 3.8) is 0 Å². The summed E-state index contributed by atoms with van der Waals surface area (Å²) in [5.74, 6) is 1.28. The summed E-state index contributed by atoms with van der Waals surface area (Å²) in [7, 11) is 0. The van der Waals surface area contributed by atoms with E-state index in [1.165, 1.54) is 25.7 Å². The molecule has 0 N–H and O–H groups in total. The molecule has 1 aliphatic carbocycles. The van der Waals surface area contributed by atoms with Gasteiger partial charge >= 0.3 is 0 Å². The van der Waals surface area contributed by atoms with Gasteiger partial charge in [-0.05, 0) is 18.8 Å². The molecular weight excluding hydrogens is 96.1 g/mol. The molecule has 0 nitrogen and oxygen atoms in total. The fourth-order valence-electron chi connectivity index (χ4n) is 1.48. The van der Waals surface area contributed by atoms with Crippen LogP contribution in [0.2, 0.25) is 0 Å². The Labute approximate surface area is 52.3 Å². The maximum Gasteiger partial charge on any atom is -0.0318 e. The van der Waals surface area contributed by atoms with Crippen molar-refractivity contribution in [3.8, 4) is 0 Å². The van der Waals surface area contributed by atoms with Crippen LogP contribution in [0.5, 0.6) is 0 Å². The van der Waals surface area contributed by atoms with Gasteiger partial charge in [0, 0.05) is 0 Å². The normalized spacial score (nSPS) is 22.9. The lowest BCUT2D eigenvalue weighted by Crippen LogP contribution is -2.01. The number of rotatable bonds is 1. The summed E-state index contributed by atoms with van der Waals surface area (Å²) < 4.78 is 0. The highest BCUT2D eigenvalue weighted by Crippen LogP contribution is 2.30. The van der Waals surface area contributed by atoms with Gasteiger partial charge in [-0.3, -0.25) is 0 Å². The van der Waals surface area contributed by atoms with Crippen LogP contribution in [0.1, 0.15) is 32.6 Å². The molecular formula is C8H14. The Bertz CT molecular complexity index is 58.4. The molecule has 0 aliphatic heterocycles. The average molecular weight is 110 g/mol. The SMILES string of the molecule is [CH]C(C)C1CCCC1. The van der Waals surface area contributed by atoms with Crippen molar-refractivity contribution in [2.24, 2.45) is 11.8 Å². The number of hydrogen-bond donors (Lipinski definition) is 0. The van der Waals surface area contributed by atoms with E-state index >= 15 is 0 Å². The number of hydrogen-bond acceptors (Lipinski definition) is 0. The molecule has 1 atom stereocenters. The minimum Gasteiger partial charge on any atom is -0.0620 e. The summed E-state index contributed by atoms with van der Waals surface area (Å²) in [6.07, 6.45) is 5.56. The molecule has 0 aromatic heterocycles. The van der Waals surface area contributed by atoms with Gasteiger partial charge in [-0.1, -0.05) is 32.6 Å². The van der Waals surface area contributed by atoms with E-state index in [4.69, 9.17) is 6.92 Å². The zero-order chi connectivity index (χ0) is 5.98. The van der Waals surface area contributed by atoms with Crippen molar-refractivity contribution in [1.29, 1.82) is 0 Å². The summed E-state index contributed by atoms with van der Waals surface area (Å²) in [4.78, 5) is 0. The largest absolute Gasteiger partial charge is 0.0620 e. The minimum absolute atomic E-state index is 0.442. The van der Waals surface area contributed by atoms with E-state index in [9.17, 15) is 0 Å². The Hall–Kier alpha value is 0. The molecule has 0 saturated heterocycles. The molecule has 0 heteroatoms. The van der Waals surface area contributed by atoms with Gasteiger partial charge in [-0.25, -0.2) is 0 Å². The molecule has 1 rings (SSSR count). The lowest BCUT2D eigenvalue weighted by atomic mass is 9.95. The molecule has 0 bridgehead atoms. The topological polar surface area (TPSA) is 0 Å². The molecule has 2 radical (unpaired) electrons. The standard InChI is InChI=1S/C8H14/c1-7(2)8-5-3-4-6-8/h1,7-8H,3-6H2,2H3. The van der Waals surface area contributed by atoms with E-state index in [2.05, 4.69) is 6.92 Å². The molecule has 1 aliphatic rings. The van der Waals surface area contributed by atoms with Crippen LogP contribution in [-0.2, 0) is 0 Å². The van der Waals surface area contributed by atoms with E-state index in [0.29, 0.717) is 5.92 Å². The molecule has 8 heavy (non-hydrogen) atoms. The molecule has 0 amide bonds. The second kappa shape index (κ2) is 2.52. The van der Waals surface area contributed by atoms with Gasteiger partial charge in [-0.15, -0.1) is 0 Å². The molecule has 0 spiro atoms. The second-order valence-corrected chi connectivity index (χ2v) is 2.90. The van der Waals surface area contributed by atoms with Crippen LogP contribution in [-0.4, -0.2) is 0 Å². The van der Waals surface area contributed by atoms with Crippen molar-refractivity contribution in [1.82, 2.24) is 0 Å². The van der Waals surface area contributed by atoms with Gasteiger partial charge in [0.15, 0.2) is 0 Å². The van der Waals surface area contributed by atoms with E-state index < -0.39 is 0 Å². The minimum atomic E-state index is 0.442. The zero-order valence-electron chi connectivity index (χ0n) is 5.56. The molecule has 1 unspecified atom stereocenters. The summed E-state index contributed by atoms with van der Waals surface area (Å²) >= 11 is 0. The molecule has 46 valence electrons. The van der Waals surface area contributed by atoms with Crippen molar-refractivity contribution >= 4 is 0 Å². The Kier molecular flexibility index (Phi) is 1.93. The maximum atomic E-state index is 5.70. The first kappa shape index (κ1) is 6.12. The lowest BCUT2D eigenvalue weighted by molar-refractivity contribution is 0.431. The average Bonchev–Trinajstić information content (AvgIpc) is 2.12. The van der Waals surface area contributed by atoms with Crippen LogP contribution in [0, 0.1) is 18.8 Å². The summed E-state index contributed by atoms with van der Waals surface area (Å²) in [6, 6.07) is 0. The third kappa shape index (κ3) is 1.24. The highest BCUT2D eigenvalue weighted by molar-refractivity contribution is 4.73. The van der Waals surface area contributed by atoms with Crippen molar-refractivity contribution in [2.45, 2.75) is 32.6 Å². The second-order valence-electron chi connectivity index (χ2n) is 2.90. The Morgan fingerprint density at radius 3 is 2.12 bits per heavy atom. The van der Waals surface area contributed by atoms with Crippen molar-refractivity contribution < 1.29 is 0 Å². The van der Waals surface area contributed by atoms with Crippen LogP contribution in [0.25, 0.3) is 0 Å². The smallest absolute Gasteiger partial charge is 0.0318 e. The first-order valence-corrected chi connectivity index (χ1v) is 3.56. The quantitative estimate of drug-likeness (QED) is 0.486. The first-order chi connectivity index (χ1) is 3.80. The highest BCUT2D eigenvalue weighted by atomic mass is 14.2. The van der Waals surface area contributed by atoms with Crippen LogP contribution >= 0.6 is 0 Å². The van der Waals surface area contributed by atoms with E-state index in [0.717, 1.165) is 5.92 Å². The van der Waals surface area contributed by atoms with Gasteiger partial charge < -0.3 is 0 Å². The Morgan fingerprint density at radius 1 is 1.38 bits per heavy atom. The predicted molar refractivity (Wildman–Crippen MR) is 35.4 cm³/mol. The summed E-state index contributed by atoms with van der Waals surface area (Å²) in [5.41, 5.74) is 0. The van der Waals surface area contributed by atoms with Crippen LogP contribution in [0.4, 0.5) is 0 Å². The third-order valence-corrected chi connectivity index (χ3v) is 2.14. The van der Waals surface area contributed by atoms with Gasteiger partial charge in [-0.2, -0.15) is 0 Å². The van der Waals surface area contributed by atoms with Gasteiger partial charge in [0.05, 0.1) is 0 Å². The molecule has 0 heterocycles. The van der Waals surface area contributed by atoms with Crippen LogP contribution in [0.15, 0.2) is 0 Å². The summed E-state index contributed by atoms with van der Waals surface area (Å²) in [6.45, 7) is 7.82. The molecule has 0 aromatic carbocycles. The van der Waals surface area contributed by atoms with Crippen LogP contribution in [0.3, 0.4) is 0 Å². The monoisotopic (exact) mass is 110 g/mol. The molecule has 1 fully saturated rings. The van der Waals surface area contributed by atoms with Crippen LogP contribution < -0.4 is 0 Å². The highest BCUT2D eigenvalue weighted by Gasteiger charge is 2.17. The predicted octanol–water partition coefficient (Wildman–Crippen LogP) is 2.52. The Morgan fingerprint density at radius 2 is 1.88 bits per heavy atom. The zero-order valence-corrected chi connectivity index (χ0v) is 5.56. The van der Waals surface area contributed by atoms with Gasteiger partial charge in [0.1, 0.15) is 0 Å². The fraction of sp³-hybridized carbons (Fsp3) is 0.875. The molecule has 0 aromatic rings. The lowest BCUT2D eigenvalue weighted by Gasteiger charge is -2.11. The summed E-state index contributed by atoms with van der Waals surface area (Å²) in [5, 5.41) is 0. The van der Waals surface area contributed by atoms with Crippen molar-refractivity contribution in [3.05, 3.63) is 6.92 Å². The van der Waals surface area contributed by atoms with E-state index in [1.807, 2.05) is 0 Å². The Balaban J connectivity index is 2.24.